The Balaban J connectivity index is 1.89. The molecule has 0 aliphatic heterocycles. The number of rotatable bonds is 8. The maximum absolute atomic E-state index is 5.97. The molecule has 0 aliphatic carbocycles. The topological polar surface area (TPSA) is 28.4 Å². The zero-order valence-corrected chi connectivity index (χ0v) is 14.5. The van der Waals surface area contributed by atoms with Crippen molar-refractivity contribution in [2.45, 2.75) is 39.9 Å². The fourth-order valence-corrected chi connectivity index (χ4v) is 3.44. The van der Waals surface area contributed by atoms with Crippen LogP contribution in [-0.4, -0.2) is 18.5 Å². The van der Waals surface area contributed by atoms with E-state index in [-0.39, 0.29) is 0 Å². The fourth-order valence-electron chi connectivity index (χ4n) is 2.27. The molecule has 2 rings (SSSR count). The average molecular weight is 327 g/mol. The van der Waals surface area contributed by atoms with Gasteiger partial charge in [-0.05, 0) is 45.1 Å². The summed E-state index contributed by atoms with van der Waals surface area (Å²) in [6.07, 6.45) is 1.14. The summed E-state index contributed by atoms with van der Waals surface area (Å²) in [5.74, 6) is 2.03. The van der Waals surface area contributed by atoms with Gasteiger partial charge in [-0.2, -0.15) is 0 Å². The third-order valence-corrected chi connectivity index (χ3v) is 4.51. The quantitative estimate of drug-likeness (QED) is 0.727. The summed E-state index contributed by atoms with van der Waals surface area (Å²) in [5, 5.41) is 3.37. The Morgan fingerprint density at radius 2 is 2.14 bits per heavy atom. The lowest BCUT2D eigenvalue weighted by molar-refractivity contribution is 0.319. The van der Waals surface area contributed by atoms with Gasteiger partial charge >= 0.3 is 0 Å². The molecule has 0 aliphatic rings. The summed E-state index contributed by atoms with van der Waals surface area (Å²) in [7, 11) is 2.12. The van der Waals surface area contributed by atoms with E-state index in [0.29, 0.717) is 0 Å². The van der Waals surface area contributed by atoms with Crippen molar-refractivity contribution in [2.75, 3.05) is 13.6 Å². The Morgan fingerprint density at radius 1 is 1.33 bits per heavy atom. The molecule has 0 spiro atoms. The number of nitrogens with zero attached hydrogens (tertiary/aromatic N) is 1. The summed E-state index contributed by atoms with van der Waals surface area (Å²) in [6.45, 7) is 7.82. The molecule has 2 aromatic rings. The molecular formula is C16H23ClN2OS. The largest absolute Gasteiger partial charge is 0.465 e. The molecule has 0 bridgehead atoms. The molecule has 116 valence electrons. The van der Waals surface area contributed by atoms with Gasteiger partial charge in [-0.3, -0.25) is 4.90 Å². The summed E-state index contributed by atoms with van der Waals surface area (Å²) in [5.41, 5.74) is 1.26. The lowest BCUT2D eigenvalue weighted by atomic mass is 10.2. The van der Waals surface area contributed by atoms with E-state index in [1.807, 2.05) is 13.0 Å². The van der Waals surface area contributed by atoms with Crippen molar-refractivity contribution in [3.05, 3.63) is 44.5 Å². The zero-order valence-electron chi connectivity index (χ0n) is 12.9. The van der Waals surface area contributed by atoms with Crippen LogP contribution in [0.2, 0.25) is 4.34 Å². The molecule has 0 unspecified atom stereocenters. The van der Waals surface area contributed by atoms with Crippen LogP contribution in [0.15, 0.2) is 22.6 Å². The number of hydrogen-bond donors (Lipinski definition) is 1. The van der Waals surface area contributed by atoms with Crippen molar-refractivity contribution in [3.63, 3.8) is 0 Å². The molecule has 2 heterocycles. The molecule has 3 nitrogen and oxygen atoms in total. The Labute approximate surface area is 135 Å². The van der Waals surface area contributed by atoms with Gasteiger partial charge in [0.1, 0.15) is 11.5 Å². The normalized spacial score (nSPS) is 11.5. The summed E-state index contributed by atoms with van der Waals surface area (Å²) < 4.78 is 6.66. The average Bonchev–Trinajstić information content (AvgIpc) is 2.97. The highest BCUT2D eigenvalue weighted by Gasteiger charge is 2.10. The fraction of sp³-hybridized carbons (Fsp3) is 0.500. The minimum absolute atomic E-state index is 0.804. The Hall–Kier alpha value is -0.810. The smallest absolute Gasteiger partial charge is 0.118 e. The maximum atomic E-state index is 5.97. The van der Waals surface area contributed by atoms with Crippen molar-refractivity contribution in [2.24, 2.45) is 0 Å². The van der Waals surface area contributed by atoms with Crippen molar-refractivity contribution in [1.29, 1.82) is 0 Å². The molecule has 5 heteroatoms. The standard InChI is InChI=1S/C16H23ClN2OS/c1-4-7-18-9-14-8-13(12(2)20-14)10-19(3)11-15-5-6-16(17)21-15/h5-6,8,18H,4,7,9-11H2,1-3H3. The first-order valence-corrected chi connectivity index (χ1v) is 8.49. The molecule has 1 N–H and O–H groups in total. The molecule has 0 fully saturated rings. The van der Waals surface area contributed by atoms with E-state index in [1.54, 1.807) is 11.3 Å². The minimum atomic E-state index is 0.804. The van der Waals surface area contributed by atoms with Gasteiger partial charge in [0.05, 0.1) is 10.9 Å². The number of nitrogens with one attached hydrogen (secondary N) is 1. The van der Waals surface area contributed by atoms with E-state index >= 15 is 0 Å². The molecule has 21 heavy (non-hydrogen) atoms. The van der Waals surface area contributed by atoms with Crippen LogP contribution in [0.4, 0.5) is 0 Å². The molecule has 0 saturated carbocycles. The first-order chi connectivity index (χ1) is 10.1. The molecule has 0 atom stereocenters. The van der Waals surface area contributed by atoms with E-state index < -0.39 is 0 Å². The number of aryl methyl sites for hydroxylation is 1. The predicted octanol–water partition coefficient (Wildman–Crippen LogP) is 4.43. The second kappa shape index (κ2) is 7.99. The van der Waals surface area contributed by atoms with Crippen molar-refractivity contribution in [3.8, 4) is 0 Å². The lowest BCUT2D eigenvalue weighted by Crippen LogP contribution is -2.16. The van der Waals surface area contributed by atoms with Crippen LogP contribution in [0.3, 0.4) is 0 Å². The number of hydrogen-bond acceptors (Lipinski definition) is 4. The second-order valence-corrected chi connectivity index (χ2v) is 7.15. The van der Waals surface area contributed by atoms with Gasteiger partial charge < -0.3 is 9.73 Å². The first-order valence-electron chi connectivity index (χ1n) is 7.30. The van der Waals surface area contributed by atoms with Gasteiger partial charge in [0.25, 0.3) is 0 Å². The molecule has 2 aromatic heterocycles. The van der Waals surface area contributed by atoms with Crippen LogP contribution in [0.5, 0.6) is 0 Å². The van der Waals surface area contributed by atoms with Crippen LogP contribution in [-0.2, 0) is 19.6 Å². The third-order valence-electron chi connectivity index (χ3n) is 3.29. The highest BCUT2D eigenvalue weighted by atomic mass is 35.5. The minimum Gasteiger partial charge on any atom is -0.465 e. The van der Waals surface area contributed by atoms with Gasteiger partial charge in [-0.25, -0.2) is 0 Å². The SMILES string of the molecule is CCCNCc1cc(CN(C)Cc2ccc(Cl)s2)c(C)o1. The van der Waals surface area contributed by atoms with Crippen molar-refractivity contribution in [1.82, 2.24) is 10.2 Å². The number of halogens is 1. The highest BCUT2D eigenvalue weighted by molar-refractivity contribution is 7.16. The molecule has 0 saturated heterocycles. The second-order valence-electron chi connectivity index (χ2n) is 5.35. The van der Waals surface area contributed by atoms with Gasteiger partial charge in [0.15, 0.2) is 0 Å². The van der Waals surface area contributed by atoms with Crippen LogP contribution in [0, 0.1) is 6.92 Å². The lowest BCUT2D eigenvalue weighted by Gasteiger charge is -2.14. The van der Waals surface area contributed by atoms with Crippen LogP contribution < -0.4 is 5.32 Å². The van der Waals surface area contributed by atoms with Crippen LogP contribution >= 0.6 is 22.9 Å². The van der Waals surface area contributed by atoms with E-state index in [9.17, 15) is 0 Å². The Morgan fingerprint density at radius 3 is 2.81 bits per heavy atom. The number of thiophene rings is 1. The number of furan rings is 1. The molecular weight excluding hydrogens is 304 g/mol. The van der Waals surface area contributed by atoms with Gasteiger partial charge in [-0.15, -0.1) is 11.3 Å². The summed E-state index contributed by atoms with van der Waals surface area (Å²) >= 11 is 7.61. The summed E-state index contributed by atoms with van der Waals surface area (Å²) in [6, 6.07) is 6.21. The highest BCUT2D eigenvalue weighted by Crippen LogP contribution is 2.23. The summed E-state index contributed by atoms with van der Waals surface area (Å²) in [4.78, 5) is 3.57. The van der Waals surface area contributed by atoms with Gasteiger partial charge in [0.2, 0.25) is 0 Å². The van der Waals surface area contributed by atoms with Gasteiger partial charge in [0, 0.05) is 23.5 Å². The van der Waals surface area contributed by atoms with E-state index in [1.165, 1.54) is 10.4 Å². The monoisotopic (exact) mass is 326 g/mol. The molecule has 0 radical (unpaired) electrons. The molecule has 0 aromatic carbocycles. The molecule has 0 amide bonds. The van der Waals surface area contributed by atoms with E-state index in [4.69, 9.17) is 16.0 Å². The van der Waals surface area contributed by atoms with Crippen LogP contribution in [0.1, 0.15) is 35.3 Å². The first kappa shape index (κ1) is 16.6. The van der Waals surface area contributed by atoms with E-state index in [0.717, 1.165) is 48.5 Å². The van der Waals surface area contributed by atoms with Crippen molar-refractivity contribution < 1.29 is 4.42 Å². The van der Waals surface area contributed by atoms with Crippen molar-refractivity contribution >= 4 is 22.9 Å². The third kappa shape index (κ3) is 5.15. The van der Waals surface area contributed by atoms with Gasteiger partial charge in [-0.1, -0.05) is 18.5 Å². The maximum Gasteiger partial charge on any atom is 0.118 e. The Bertz CT molecular complexity index is 564. The predicted molar refractivity (Wildman–Crippen MR) is 89.9 cm³/mol. The van der Waals surface area contributed by atoms with E-state index in [2.05, 4.69) is 36.3 Å². The Kier molecular flexibility index (Phi) is 6.30. The van der Waals surface area contributed by atoms with Crippen LogP contribution in [0.25, 0.3) is 0 Å². The zero-order chi connectivity index (χ0) is 15.2.